The van der Waals surface area contributed by atoms with E-state index in [1.807, 2.05) is 6.08 Å². The summed E-state index contributed by atoms with van der Waals surface area (Å²) in [5.74, 6) is 0.734. The molecule has 0 amide bonds. The van der Waals surface area contributed by atoms with Gasteiger partial charge in [0.2, 0.25) is 0 Å². The van der Waals surface area contributed by atoms with Crippen molar-refractivity contribution in [3.8, 4) is 0 Å². The minimum absolute atomic E-state index is 0.204. The van der Waals surface area contributed by atoms with Crippen LogP contribution in [0, 0.1) is 0 Å². The number of benzene rings is 1. The Bertz CT molecular complexity index is 430. The van der Waals surface area contributed by atoms with Crippen molar-refractivity contribution in [1.82, 2.24) is 0 Å². The third-order valence-electron chi connectivity index (χ3n) is 3.21. The van der Waals surface area contributed by atoms with Crippen LogP contribution in [-0.2, 0) is 9.53 Å². The smallest absolute Gasteiger partial charge is 0.309 e. The van der Waals surface area contributed by atoms with Crippen molar-refractivity contribution < 1.29 is 9.53 Å². The molecular formula is C17H24O2. The molecule has 0 unspecified atom stereocenters. The molecule has 104 valence electrons. The van der Waals surface area contributed by atoms with Gasteiger partial charge in [0, 0.05) is 0 Å². The maximum atomic E-state index is 11.2. The van der Waals surface area contributed by atoms with Gasteiger partial charge in [0.05, 0.1) is 13.5 Å². The molecule has 0 saturated heterocycles. The molecule has 19 heavy (non-hydrogen) atoms. The zero-order valence-electron chi connectivity index (χ0n) is 12.6. The third-order valence-corrected chi connectivity index (χ3v) is 3.21. The molecule has 0 aromatic heterocycles. The Balaban J connectivity index is 3.11. The van der Waals surface area contributed by atoms with E-state index in [0.29, 0.717) is 18.3 Å². The van der Waals surface area contributed by atoms with E-state index in [1.54, 1.807) is 0 Å². The standard InChI is InChI=1S/C17H24O2/c1-12(2)14-8-6-9-15(13(3)4)16(14)10-7-11-17(18)19-5/h6-10,12-13H,11H2,1-5H3. The van der Waals surface area contributed by atoms with Crippen molar-refractivity contribution in [3.63, 3.8) is 0 Å². The molecule has 0 aliphatic rings. The van der Waals surface area contributed by atoms with E-state index in [0.717, 1.165) is 0 Å². The van der Waals surface area contributed by atoms with Crippen molar-refractivity contribution in [2.45, 2.75) is 46.0 Å². The lowest BCUT2D eigenvalue weighted by Gasteiger charge is -2.17. The normalized spacial score (nSPS) is 11.5. The fourth-order valence-electron chi connectivity index (χ4n) is 2.16. The quantitative estimate of drug-likeness (QED) is 0.728. The Kier molecular flexibility index (Phi) is 5.81. The Morgan fingerprint density at radius 1 is 1.16 bits per heavy atom. The van der Waals surface area contributed by atoms with Crippen LogP contribution in [0.4, 0.5) is 0 Å². The molecule has 0 radical (unpaired) electrons. The number of esters is 1. The Morgan fingerprint density at radius 3 is 2.11 bits per heavy atom. The largest absolute Gasteiger partial charge is 0.469 e. The maximum Gasteiger partial charge on any atom is 0.309 e. The molecule has 0 aliphatic carbocycles. The lowest BCUT2D eigenvalue weighted by atomic mass is 9.88. The van der Waals surface area contributed by atoms with Gasteiger partial charge in [-0.2, -0.15) is 0 Å². The van der Waals surface area contributed by atoms with Crippen molar-refractivity contribution in [2.24, 2.45) is 0 Å². The highest BCUT2D eigenvalue weighted by atomic mass is 16.5. The Morgan fingerprint density at radius 2 is 1.68 bits per heavy atom. The zero-order chi connectivity index (χ0) is 14.4. The molecule has 0 spiro atoms. The van der Waals surface area contributed by atoms with E-state index in [9.17, 15) is 4.79 Å². The van der Waals surface area contributed by atoms with Gasteiger partial charge in [-0.25, -0.2) is 0 Å². The molecule has 0 fully saturated rings. The topological polar surface area (TPSA) is 26.3 Å². The molecule has 0 aliphatic heterocycles. The van der Waals surface area contributed by atoms with E-state index in [4.69, 9.17) is 0 Å². The lowest BCUT2D eigenvalue weighted by Crippen LogP contribution is -2.00. The van der Waals surface area contributed by atoms with Gasteiger partial charge in [0.15, 0.2) is 0 Å². The Hall–Kier alpha value is -1.57. The van der Waals surface area contributed by atoms with Gasteiger partial charge in [0.25, 0.3) is 0 Å². The van der Waals surface area contributed by atoms with E-state index in [2.05, 4.69) is 56.7 Å². The molecule has 1 aromatic carbocycles. The van der Waals surface area contributed by atoms with Gasteiger partial charge in [0.1, 0.15) is 0 Å². The van der Waals surface area contributed by atoms with Crippen molar-refractivity contribution in [1.29, 1.82) is 0 Å². The molecule has 0 N–H and O–H groups in total. The monoisotopic (exact) mass is 260 g/mol. The first kappa shape index (κ1) is 15.5. The highest BCUT2D eigenvalue weighted by Gasteiger charge is 2.11. The van der Waals surface area contributed by atoms with Crippen LogP contribution >= 0.6 is 0 Å². The molecular weight excluding hydrogens is 236 g/mol. The molecule has 2 heteroatoms. The molecule has 0 saturated carbocycles. The fourth-order valence-corrected chi connectivity index (χ4v) is 2.16. The SMILES string of the molecule is COC(=O)CC=Cc1c(C(C)C)cccc1C(C)C. The summed E-state index contributed by atoms with van der Waals surface area (Å²) >= 11 is 0. The summed E-state index contributed by atoms with van der Waals surface area (Å²) < 4.78 is 4.65. The number of rotatable bonds is 5. The van der Waals surface area contributed by atoms with Crippen molar-refractivity contribution >= 4 is 12.0 Å². The molecule has 0 atom stereocenters. The predicted molar refractivity (Wildman–Crippen MR) is 80.3 cm³/mol. The third kappa shape index (κ3) is 4.23. The zero-order valence-corrected chi connectivity index (χ0v) is 12.6. The van der Waals surface area contributed by atoms with Gasteiger partial charge in [-0.3, -0.25) is 4.79 Å². The summed E-state index contributed by atoms with van der Waals surface area (Å²) in [4.78, 5) is 11.2. The Labute approximate surface area is 116 Å². The van der Waals surface area contributed by atoms with Crippen LogP contribution in [0.3, 0.4) is 0 Å². The average molecular weight is 260 g/mol. The molecule has 0 heterocycles. The highest BCUT2D eigenvalue weighted by Crippen LogP contribution is 2.28. The highest BCUT2D eigenvalue weighted by molar-refractivity contribution is 5.73. The van der Waals surface area contributed by atoms with Gasteiger partial charge in [-0.05, 0) is 28.5 Å². The summed E-state index contributed by atoms with van der Waals surface area (Å²) in [7, 11) is 1.41. The summed E-state index contributed by atoms with van der Waals surface area (Å²) in [6, 6.07) is 6.44. The summed E-state index contributed by atoms with van der Waals surface area (Å²) in [6.45, 7) is 8.77. The first-order valence-corrected chi connectivity index (χ1v) is 6.83. The van der Waals surface area contributed by atoms with Crippen LogP contribution in [-0.4, -0.2) is 13.1 Å². The summed E-state index contributed by atoms with van der Waals surface area (Å²) in [5.41, 5.74) is 3.90. The summed E-state index contributed by atoms with van der Waals surface area (Å²) in [5, 5.41) is 0. The first-order valence-electron chi connectivity index (χ1n) is 6.83. The number of hydrogen-bond acceptors (Lipinski definition) is 2. The second-order valence-corrected chi connectivity index (χ2v) is 5.34. The van der Waals surface area contributed by atoms with Crippen LogP contribution in [0.2, 0.25) is 0 Å². The molecule has 1 rings (SSSR count). The number of carbonyl (C=O) groups is 1. The van der Waals surface area contributed by atoms with Crippen LogP contribution in [0.15, 0.2) is 24.3 Å². The molecule has 0 bridgehead atoms. The van der Waals surface area contributed by atoms with E-state index in [-0.39, 0.29) is 5.97 Å². The molecule has 2 nitrogen and oxygen atoms in total. The minimum Gasteiger partial charge on any atom is -0.469 e. The fraction of sp³-hybridized carbons (Fsp3) is 0.471. The van der Waals surface area contributed by atoms with E-state index >= 15 is 0 Å². The number of hydrogen-bond donors (Lipinski definition) is 0. The summed E-state index contributed by atoms with van der Waals surface area (Å²) in [6.07, 6.45) is 4.26. The van der Waals surface area contributed by atoms with E-state index < -0.39 is 0 Å². The van der Waals surface area contributed by atoms with Crippen LogP contribution < -0.4 is 0 Å². The van der Waals surface area contributed by atoms with Crippen LogP contribution in [0.5, 0.6) is 0 Å². The average Bonchev–Trinajstić information content (AvgIpc) is 2.37. The molecule has 1 aromatic rings. The van der Waals surface area contributed by atoms with Gasteiger partial charge < -0.3 is 4.74 Å². The number of ether oxygens (including phenoxy) is 1. The van der Waals surface area contributed by atoms with Crippen LogP contribution in [0.1, 0.15) is 62.6 Å². The van der Waals surface area contributed by atoms with Crippen molar-refractivity contribution in [2.75, 3.05) is 7.11 Å². The lowest BCUT2D eigenvalue weighted by molar-refractivity contribution is -0.139. The minimum atomic E-state index is -0.204. The second-order valence-electron chi connectivity index (χ2n) is 5.34. The number of methoxy groups -OCH3 is 1. The number of carbonyl (C=O) groups excluding carboxylic acids is 1. The van der Waals surface area contributed by atoms with Gasteiger partial charge in [-0.1, -0.05) is 58.0 Å². The van der Waals surface area contributed by atoms with Crippen molar-refractivity contribution in [3.05, 3.63) is 41.0 Å². The van der Waals surface area contributed by atoms with Gasteiger partial charge in [-0.15, -0.1) is 0 Å². The second kappa shape index (κ2) is 7.13. The predicted octanol–water partition coefficient (Wildman–Crippen LogP) is 4.51. The van der Waals surface area contributed by atoms with Crippen LogP contribution in [0.25, 0.3) is 6.08 Å². The maximum absolute atomic E-state index is 11.2. The van der Waals surface area contributed by atoms with E-state index in [1.165, 1.54) is 23.8 Å². The van der Waals surface area contributed by atoms with Gasteiger partial charge >= 0.3 is 5.97 Å². The first-order chi connectivity index (χ1) is 8.97.